The lowest BCUT2D eigenvalue weighted by molar-refractivity contribution is 0.284. The lowest BCUT2D eigenvalue weighted by Gasteiger charge is -2.36. The van der Waals surface area contributed by atoms with E-state index in [0.29, 0.717) is 12.5 Å². The maximum atomic E-state index is 5.79. The highest BCUT2D eigenvalue weighted by Gasteiger charge is 2.32. The van der Waals surface area contributed by atoms with Gasteiger partial charge in [-0.05, 0) is 25.3 Å². The second-order valence-corrected chi connectivity index (χ2v) is 3.80. The molecule has 1 atom stereocenters. The van der Waals surface area contributed by atoms with Gasteiger partial charge in [-0.15, -0.1) is 13.2 Å². The Labute approximate surface area is 86.7 Å². The number of hydrogen-bond acceptors (Lipinski definition) is 1. The van der Waals surface area contributed by atoms with E-state index >= 15 is 0 Å². The molecule has 1 rings (SSSR count). The van der Waals surface area contributed by atoms with Crippen LogP contribution in [0.3, 0.4) is 0 Å². The predicted molar refractivity (Wildman–Crippen MR) is 62.9 cm³/mol. The smallest absolute Gasteiger partial charge is 0.00284 e. The molecule has 1 heteroatoms. The molecule has 1 nitrogen and oxygen atoms in total. The fourth-order valence-corrected chi connectivity index (χ4v) is 2.13. The number of hydrogen-bond donors (Lipinski definition) is 1. The maximum absolute atomic E-state index is 5.79. The van der Waals surface area contributed by atoms with Crippen LogP contribution in [0.2, 0.25) is 0 Å². The number of allylic oxidation sites excluding steroid dienone is 5. The third-order valence-corrected chi connectivity index (χ3v) is 2.92. The van der Waals surface area contributed by atoms with E-state index in [0.717, 1.165) is 12.8 Å². The topological polar surface area (TPSA) is 26.0 Å². The molecule has 0 aliphatic heterocycles. The molecule has 0 fully saturated rings. The minimum Gasteiger partial charge on any atom is -0.330 e. The molecule has 0 aromatic carbocycles. The summed E-state index contributed by atoms with van der Waals surface area (Å²) in [6, 6.07) is 0. The van der Waals surface area contributed by atoms with E-state index in [1.165, 1.54) is 0 Å². The van der Waals surface area contributed by atoms with Crippen molar-refractivity contribution in [3.05, 3.63) is 49.6 Å². The molecule has 14 heavy (non-hydrogen) atoms. The summed E-state index contributed by atoms with van der Waals surface area (Å²) in [7, 11) is 0. The van der Waals surface area contributed by atoms with Crippen LogP contribution in [0.1, 0.15) is 12.8 Å². The van der Waals surface area contributed by atoms with Crippen LogP contribution in [0, 0.1) is 11.3 Å². The predicted octanol–water partition coefficient (Wildman–Crippen LogP) is 2.83. The van der Waals surface area contributed by atoms with Gasteiger partial charge in [-0.2, -0.15) is 0 Å². The molecule has 0 saturated heterocycles. The molecule has 0 heterocycles. The molecule has 1 aliphatic carbocycles. The molecule has 1 unspecified atom stereocenters. The molecule has 76 valence electrons. The first-order chi connectivity index (χ1) is 6.79. The molecule has 1 aliphatic rings. The Morgan fingerprint density at radius 2 is 1.86 bits per heavy atom. The first kappa shape index (κ1) is 11.0. The van der Waals surface area contributed by atoms with E-state index in [2.05, 4.69) is 37.5 Å². The first-order valence-corrected chi connectivity index (χ1v) is 5.07. The minimum absolute atomic E-state index is 0.118. The SMILES string of the molecule is C=CCC1(CC=C)C=CC=CC1CN. The van der Waals surface area contributed by atoms with Gasteiger partial charge < -0.3 is 5.73 Å². The van der Waals surface area contributed by atoms with E-state index in [-0.39, 0.29) is 5.41 Å². The van der Waals surface area contributed by atoms with Crippen molar-refractivity contribution in [2.75, 3.05) is 6.54 Å². The summed E-state index contributed by atoms with van der Waals surface area (Å²) in [5.74, 6) is 0.406. The van der Waals surface area contributed by atoms with Crippen molar-refractivity contribution in [1.82, 2.24) is 0 Å². The largest absolute Gasteiger partial charge is 0.330 e. The Bertz CT molecular complexity index is 250. The number of nitrogens with two attached hydrogens (primary N) is 1. The van der Waals surface area contributed by atoms with Crippen LogP contribution < -0.4 is 5.73 Å². The van der Waals surface area contributed by atoms with Gasteiger partial charge >= 0.3 is 0 Å². The lowest BCUT2D eigenvalue weighted by Crippen LogP contribution is -2.33. The average molecular weight is 189 g/mol. The van der Waals surface area contributed by atoms with Gasteiger partial charge in [0, 0.05) is 5.41 Å². The minimum atomic E-state index is 0.118. The van der Waals surface area contributed by atoms with Crippen molar-refractivity contribution in [2.24, 2.45) is 17.1 Å². The molecule has 0 bridgehead atoms. The van der Waals surface area contributed by atoms with Gasteiger partial charge in [-0.3, -0.25) is 0 Å². The zero-order valence-electron chi connectivity index (χ0n) is 8.65. The van der Waals surface area contributed by atoms with Gasteiger partial charge in [-0.1, -0.05) is 36.5 Å². The van der Waals surface area contributed by atoms with E-state index in [1.807, 2.05) is 12.2 Å². The van der Waals surface area contributed by atoms with Gasteiger partial charge in [0.05, 0.1) is 0 Å². The Balaban J connectivity index is 2.92. The average Bonchev–Trinajstić information content (AvgIpc) is 2.19. The quantitative estimate of drug-likeness (QED) is 0.661. The van der Waals surface area contributed by atoms with Crippen molar-refractivity contribution in [3.8, 4) is 0 Å². The summed E-state index contributed by atoms with van der Waals surface area (Å²) in [5, 5.41) is 0. The fraction of sp³-hybridized carbons (Fsp3) is 0.385. The van der Waals surface area contributed by atoms with E-state index in [9.17, 15) is 0 Å². The van der Waals surface area contributed by atoms with Crippen LogP contribution in [0.5, 0.6) is 0 Å². The molecule has 0 aromatic rings. The molecule has 0 radical (unpaired) electrons. The summed E-state index contributed by atoms with van der Waals surface area (Å²) >= 11 is 0. The zero-order valence-corrected chi connectivity index (χ0v) is 8.65. The van der Waals surface area contributed by atoms with Gasteiger partial charge in [0.1, 0.15) is 0 Å². The van der Waals surface area contributed by atoms with Crippen molar-refractivity contribution < 1.29 is 0 Å². The monoisotopic (exact) mass is 189 g/mol. The number of rotatable bonds is 5. The fourth-order valence-electron chi connectivity index (χ4n) is 2.13. The highest BCUT2D eigenvalue weighted by Crippen LogP contribution is 2.40. The van der Waals surface area contributed by atoms with Crippen molar-refractivity contribution in [2.45, 2.75) is 12.8 Å². The van der Waals surface area contributed by atoms with Crippen molar-refractivity contribution in [1.29, 1.82) is 0 Å². The highest BCUT2D eigenvalue weighted by atomic mass is 14.6. The van der Waals surface area contributed by atoms with Gasteiger partial charge in [0.25, 0.3) is 0 Å². The Morgan fingerprint density at radius 1 is 1.21 bits per heavy atom. The Hall–Kier alpha value is -1.08. The standard InChI is InChI=1S/C13H19N/c1-3-8-13(9-4-2)10-6-5-7-12(13)11-14/h3-7,10,12H,1-2,8-9,11,14H2. The molecule has 0 saturated carbocycles. The third-order valence-electron chi connectivity index (χ3n) is 2.92. The van der Waals surface area contributed by atoms with Crippen LogP contribution in [0.25, 0.3) is 0 Å². The zero-order chi connectivity index (χ0) is 10.4. The van der Waals surface area contributed by atoms with Gasteiger partial charge in [-0.25, -0.2) is 0 Å². The first-order valence-electron chi connectivity index (χ1n) is 5.07. The third kappa shape index (κ3) is 2.05. The molecule has 0 spiro atoms. The summed E-state index contributed by atoms with van der Waals surface area (Å²) in [5.41, 5.74) is 5.90. The Kier molecular flexibility index (Phi) is 3.90. The highest BCUT2D eigenvalue weighted by molar-refractivity contribution is 5.22. The Morgan fingerprint density at radius 3 is 2.36 bits per heavy atom. The van der Waals surface area contributed by atoms with Crippen LogP contribution >= 0.6 is 0 Å². The summed E-state index contributed by atoms with van der Waals surface area (Å²) < 4.78 is 0. The van der Waals surface area contributed by atoms with Gasteiger partial charge in [0.15, 0.2) is 0 Å². The summed E-state index contributed by atoms with van der Waals surface area (Å²) in [6.45, 7) is 8.32. The normalized spacial score (nSPS) is 23.4. The van der Waals surface area contributed by atoms with Crippen LogP contribution in [0.4, 0.5) is 0 Å². The summed E-state index contributed by atoms with van der Waals surface area (Å²) in [4.78, 5) is 0. The summed E-state index contributed by atoms with van der Waals surface area (Å²) in [6.07, 6.45) is 14.5. The van der Waals surface area contributed by atoms with Crippen LogP contribution in [-0.4, -0.2) is 6.54 Å². The van der Waals surface area contributed by atoms with Crippen LogP contribution in [0.15, 0.2) is 49.6 Å². The van der Waals surface area contributed by atoms with E-state index in [1.54, 1.807) is 0 Å². The lowest BCUT2D eigenvalue weighted by atomic mass is 9.68. The van der Waals surface area contributed by atoms with Crippen LogP contribution in [-0.2, 0) is 0 Å². The van der Waals surface area contributed by atoms with E-state index in [4.69, 9.17) is 5.73 Å². The second kappa shape index (κ2) is 4.97. The molecule has 0 amide bonds. The molecule has 0 aromatic heterocycles. The van der Waals surface area contributed by atoms with Crippen molar-refractivity contribution in [3.63, 3.8) is 0 Å². The molecular weight excluding hydrogens is 170 g/mol. The maximum Gasteiger partial charge on any atom is 0.00284 e. The second-order valence-electron chi connectivity index (χ2n) is 3.80. The van der Waals surface area contributed by atoms with E-state index < -0.39 is 0 Å². The van der Waals surface area contributed by atoms with Gasteiger partial charge in [0.2, 0.25) is 0 Å². The molecular formula is C13H19N. The molecule has 2 N–H and O–H groups in total. The van der Waals surface area contributed by atoms with Crippen molar-refractivity contribution >= 4 is 0 Å².